The van der Waals surface area contributed by atoms with Crippen molar-refractivity contribution in [1.82, 2.24) is 4.98 Å². The number of aromatic nitrogens is 1. The van der Waals surface area contributed by atoms with Crippen molar-refractivity contribution < 1.29 is 14.6 Å². The highest BCUT2D eigenvalue weighted by Crippen LogP contribution is 2.16. The Morgan fingerprint density at radius 2 is 2.12 bits per heavy atom. The van der Waals surface area contributed by atoms with Crippen LogP contribution in [-0.4, -0.2) is 16.1 Å². The zero-order valence-corrected chi connectivity index (χ0v) is 9.81. The minimum atomic E-state index is -0.300. The SMILES string of the molecule is O=C(CCc1nccs1)Oc1ccc(O)cc1. The third-order valence-corrected chi connectivity index (χ3v) is 2.93. The summed E-state index contributed by atoms with van der Waals surface area (Å²) in [7, 11) is 0. The number of carbonyl (C=O) groups is 1. The molecule has 0 spiro atoms. The molecule has 17 heavy (non-hydrogen) atoms. The summed E-state index contributed by atoms with van der Waals surface area (Å²) in [6.45, 7) is 0. The average molecular weight is 249 g/mol. The lowest BCUT2D eigenvalue weighted by molar-refractivity contribution is -0.134. The average Bonchev–Trinajstić information content (AvgIpc) is 2.83. The molecule has 5 heteroatoms. The molecule has 0 aliphatic heterocycles. The maximum Gasteiger partial charge on any atom is 0.311 e. The van der Waals surface area contributed by atoms with Crippen molar-refractivity contribution in [2.45, 2.75) is 12.8 Å². The summed E-state index contributed by atoms with van der Waals surface area (Å²) in [6, 6.07) is 6.06. The summed E-state index contributed by atoms with van der Waals surface area (Å²) in [4.78, 5) is 15.6. The maximum atomic E-state index is 11.5. The molecule has 0 aliphatic carbocycles. The van der Waals surface area contributed by atoms with E-state index < -0.39 is 0 Å². The van der Waals surface area contributed by atoms with Gasteiger partial charge in [0.05, 0.1) is 11.4 Å². The molecule has 88 valence electrons. The lowest BCUT2D eigenvalue weighted by Gasteiger charge is -2.03. The van der Waals surface area contributed by atoms with Crippen molar-refractivity contribution in [3.63, 3.8) is 0 Å². The first-order valence-electron chi connectivity index (χ1n) is 5.12. The van der Waals surface area contributed by atoms with Crippen LogP contribution in [0.5, 0.6) is 11.5 Å². The molecular formula is C12H11NO3S. The Morgan fingerprint density at radius 3 is 2.76 bits per heavy atom. The molecule has 1 aromatic carbocycles. The van der Waals surface area contributed by atoms with Gasteiger partial charge in [-0.15, -0.1) is 11.3 Å². The molecule has 2 aromatic rings. The monoisotopic (exact) mass is 249 g/mol. The molecule has 1 aromatic heterocycles. The number of carbonyl (C=O) groups excluding carboxylic acids is 1. The quantitative estimate of drug-likeness (QED) is 0.667. The van der Waals surface area contributed by atoms with E-state index in [1.165, 1.54) is 23.5 Å². The van der Waals surface area contributed by atoms with E-state index in [0.717, 1.165) is 5.01 Å². The maximum absolute atomic E-state index is 11.5. The number of phenols is 1. The Labute approximate surface area is 103 Å². The molecule has 0 fully saturated rings. The molecule has 0 saturated carbocycles. The highest BCUT2D eigenvalue weighted by Gasteiger charge is 2.06. The lowest BCUT2D eigenvalue weighted by Crippen LogP contribution is -2.08. The molecule has 2 rings (SSSR count). The predicted molar refractivity (Wildman–Crippen MR) is 64.2 cm³/mol. The zero-order chi connectivity index (χ0) is 12.1. The van der Waals surface area contributed by atoms with Crippen LogP contribution in [0.1, 0.15) is 11.4 Å². The molecular weight excluding hydrogens is 238 g/mol. The molecule has 0 aliphatic rings. The first-order chi connectivity index (χ1) is 8.24. The van der Waals surface area contributed by atoms with E-state index in [-0.39, 0.29) is 11.7 Å². The molecule has 1 N–H and O–H groups in total. The van der Waals surface area contributed by atoms with E-state index in [1.54, 1.807) is 18.3 Å². The van der Waals surface area contributed by atoms with Gasteiger partial charge in [-0.3, -0.25) is 4.79 Å². The van der Waals surface area contributed by atoms with Crippen LogP contribution in [-0.2, 0) is 11.2 Å². The number of hydrogen-bond donors (Lipinski definition) is 1. The molecule has 4 nitrogen and oxygen atoms in total. The number of rotatable bonds is 4. The Bertz CT molecular complexity index is 479. The van der Waals surface area contributed by atoms with Crippen molar-refractivity contribution in [3.8, 4) is 11.5 Å². The van der Waals surface area contributed by atoms with E-state index >= 15 is 0 Å². The fourth-order valence-corrected chi connectivity index (χ4v) is 1.90. The van der Waals surface area contributed by atoms with Crippen molar-refractivity contribution in [3.05, 3.63) is 40.8 Å². The van der Waals surface area contributed by atoms with Gasteiger partial charge in [0.25, 0.3) is 0 Å². The van der Waals surface area contributed by atoms with Crippen molar-refractivity contribution in [2.24, 2.45) is 0 Å². The largest absolute Gasteiger partial charge is 0.508 e. The Kier molecular flexibility index (Phi) is 3.72. The Morgan fingerprint density at radius 1 is 1.35 bits per heavy atom. The number of thiazole rings is 1. The van der Waals surface area contributed by atoms with Crippen molar-refractivity contribution >= 4 is 17.3 Å². The number of esters is 1. The number of aromatic hydroxyl groups is 1. The van der Waals surface area contributed by atoms with Gasteiger partial charge in [-0.1, -0.05) is 0 Å². The van der Waals surface area contributed by atoms with E-state index in [9.17, 15) is 4.79 Å². The lowest BCUT2D eigenvalue weighted by atomic mass is 10.3. The van der Waals surface area contributed by atoms with Crippen LogP contribution < -0.4 is 4.74 Å². The van der Waals surface area contributed by atoms with E-state index in [1.807, 2.05) is 5.38 Å². The third-order valence-electron chi connectivity index (χ3n) is 2.09. The van der Waals surface area contributed by atoms with Gasteiger partial charge in [0.2, 0.25) is 0 Å². The standard InChI is InChI=1S/C12H11NO3S/c14-9-1-3-10(4-2-9)16-12(15)6-5-11-13-7-8-17-11/h1-4,7-8,14H,5-6H2. The van der Waals surface area contributed by atoms with Gasteiger partial charge in [-0.2, -0.15) is 0 Å². The van der Waals surface area contributed by atoms with E-state index in [4.69, 9.17) is 9.84 Å². The van der Waals surface area contributed by atoms with Gasteiger partial charge in [0.1, 0.15) is 11.5 Å². The van der Waals surface area contributed by atoms with Crippen LogP contribution in [0.3, 0.4) is 0 Å². The smallest absolute Gasteiger partial charge is 0.311 e. The summed E-state index contributed by atoms with van der Waals surface area (Å²) in [5.41, 5.74) is 0. The normalized spacial score (nSPS) is 10.1. The molecule has 0 bridgehead atoms. The minimum absolute atomic E-state index is 0.146. The number of hydrogen-bond acceptors (Lipinski definition) is 5. The molecule has 0 amide bonds. The van der Waals surface area contributed by atoms with Crippen LogP contribution >= 0.6 is 11.3 Å². The first kappa shape index (κ1) is 11.6. The van der Waals surface area contributed by atoms with Gasteiger partial charge in [0, 0.05) is 18.0 Å². The summed E-state index contributed by atoms with van der Waals surface area (Å²) in [5, 5.41) is 11.9. The second kappa shape index (κ2) is 5.45. The topological polar surface area (TPSA) is 59.4 Å². The number of benzene rings is 1. The fraction of sp³-hybridized carbons (Fsp3) is 0.167. The van der Waals surface area contributed by atoms with Gasteiger partial charge in [-0.05, 0) is 24.3 Å². The summed E-state index contributed by atoms with van der Waals surface area (Å²) in [5.74, 6) is 0.283. The molecule has 0 atom stereocenters. The van der Waals surface area contributed by atoms with Crippen molar-refractivity contribution in [1.29, 1.82) is 0 Å². The van der Waals surface area contributed by atoms with Gasteiger partial charge in [0.15, 0.2) is 0 Å². The number of ether oxygens (including phenoxy) is 1. The third kappa shape index (κ3) is 3.57. The number of nitrogens with zero attached hydrogens (tertiary/aromatic N) is 1. The van der Waals surface area contributed by atoms with Gasteiger partial charge in [-0.25, -0.2) is 4.98 Å². The zero-order valence-electron chi connectivity index (χ0n) is 9.00. The van der Waals surface area contributed by atoms with Crippen LogP contribution in [0.4, 0.5) is 0 Å². The van der Waals surface area contributed by atoms with Gasteiger partial charge >= 0.3 is 5.97 Å². The Balaban J connectivity index is 1.83. The fourth-order valence-electron chi connectivity index (χ4n) is 1.28. The highest BCUT2D eigenvalue weighted by molar-refractivity contribution is 7.09. The number of aryl methyl sites for hydroxylation is 1. The molecule has 0 saturated heterocycles. The second-order valence-electron chi connectivity index (χ2n) is 3.39. The molecule has 0 unspecified atom stereocenters. The minimum Gasteiger partial charge on any atom is -0.508 e. The predicted octanol–water partition coefficient (Wildman–Crippen LogP) is 2.39. The summed E-state index contributed by atoms with van der Waals surface area (Å²) >= 11 is 1.52. The molecule has 1 heterocycles. The highest BCUT2D eigenvalue weighted by atomic mass is 32.1. The summed E-state index contributed by atoms with van der Waals surface area (Å²) < 4.78 is 5.09. The van der Waals surface area contributed by atoms with E-state index in [0.29, 0.717) is 18.6 Å². The summed E-state index contributed by atoms with van der Waals surface area (Å²) in [6.07, 6.45) is 2.61. The van der Waals surface area contributed by atoms with Gasteiger partial charge < -0.3 is 9.84 Å². The van der Waals surface area contributed by atoms with Crippen molar-refractivity contribution in [2.75, 3.05) is 0 Å². The van der Waals surface area contributed by atoms with E-state index in [2.05, 4.69) is 4.98 Å². The Hall–Kier alpha value is -1.88. The molecule has 0 radical (unpaired) electrons. The van der Waals surface area contributed by atoms with Crippen LogP contribution in [0, 0.1) is 0 Å². The van der Waals surface area contributed by atoms with Crippen LogP contribution in [0.2, 0.25) is 0 Å². The second-order valence-corrected chi connectivity index (χ2v) is 4.37. The number of phenolic OH excluding ortho intramolecular Hbond substituents is 1. The van der Waals surface area contributed by atoms with Crippen LogP contribution in [0.25, 0.3) is 0 Å². The van der Waals surface area contributed by atoms with Crippen LogP contribution in [0.15, 0.2) is 35.8 Å². The first-order valence-corrected chi connectivity index (χ1v) is 6.00.